The summed E-state index contributed by atoms with van der Waals surface area (Å²) in [6, 6.07) is 8.31. The standard InChI is InChI=1S/C30H39F3N2O2/c31-30(32,33)25-11-9-24(10-12-25)29(36)34-19-22-7-5-21(6-8-22)13-16-35-17-14-23(15-18-35)27-20-37-28-4-2-1-3-26(27)28/h1-4,19-21,23-25H,5-18H2,(H,34,36). The number of hydrogen-bond donors (Lipinski definition) is 1. The molecule has 0 unspecified atom stereocenters. The van der Waals surface area contributed by atoms with Crippen LogP contribution in [0, 0.1) is 17.8 Å². The Morgan fingerprint density at radius 3 is 2.41 bits per heavy atom. The number of carbonyl (C=O) groups is 1. The number of para-hydroxylation sites is 1. The number of amides is 1. The molecule has 2 aromatic rings. The van der Waals surface area contributed by atoms with Gasteiger partial charge in [0.15, 0.2) is 0 Å². The quantitative estimate of drug-likeness (QED) is 0.431. The van der Waals surface area contributed by atoms with Crippen molar-refractivity contribution in [2.24, 2.45) is 17.8 Å². The van der Waals surface area contributed by atoms with Gasteiger partial charge in [0.25, 0.3) is 0 Å². The van der Waals surface area contributed by atoms with Crippen LogP contribution in [0.2, 0.25) is 0 Å². The second-order valence-corrected chi connectivity index (χ2v) is 11.4. The van der Waals surface area contributed by atoms with Gasteiger partial charge in [-0.05, 0) is 108 Å². The van der Waals surface area contributed by atoms with Crippen LogP contribution in [0.4, 0.5) is 13.2 Å². The molecule has 1 N–H and O–H groups in total. The summed E-state index contributed by atoms with van der Waals surface area (Å²) < 4.78 is 44.3. The smallest absolute Gasteiger partial charge is 0.391 e. The van der Waals surface area contributed by atoms with E-state index < -0.39 is 12.1 Å². The lowest BCUT2D eigenvalue weighted by Gasteiger charge is -2.33. The Kier molecular flexibility index (Phi) is 8.28. The zero-order valence-electron chi connectivity index (χ0n) is 21.6. The maximum absolute atomic E-state index is 12.9. The van der Waals surface area contributed by atoms with E-state index in [1.807, 2.05) is 24.6 Å². The van der Waals surface area contributed by atoms with Crippen molar-refractivity contribution < 1.29 is 22.4 Å². The topological polar surface area (TPSA) is 45.5 Å². The fourth-order valence-corrected chi connectivity index (χ4v) is 6.60. The summed E-state index contributed by atoms with van der Waals surface area (Å²) in [5.41, 5.74) is 3.61. The van der Waals surface area contributed by atoms with E-state index in [4.69, 9.17) is 4.42 Å². The zero-order chi connectivity index (χ0) is 25.8. The van der Waals surface area contributed by atoms with E-state index in [2.05, 4.69) is 22.3 Å². The van der Waals surface area contributed by atoms with Crippen LogP contribution in [0.5, 0.6) is 0 Å². The van der Waals surface area contributed by atoms with E-state index in [1.165, 1.54) is 35.8 Å². The van der Waals surface area contributed by atoms with Crippen molar-refractivity contribution in [3.63, 3.8) is 0 Å². The van der Waals surface area contributed by atoms with E-state index in [1.54, 1.807) is 0 Å². The Morgan fingerprint density at radius 1 is 1.00 bits per heavy atom. The number of fused-ring (bicyclic) bond motifs is 1. The van der Waals surface area contributed by atoms with Crippen LogP contribution in [0.15, 0.2) is 46.7 Å². The number of hydrogen-bond acceptors (Lipinski definition) is 3. The predicted octanol–water partition coefficient (Wildman–Crippen LogP) is 7.56. The molecule has 2 heterocycles. The van der Waals surface area contributed by atoms with Crippen molar-refractivity contribution in [1.82, 2.24) is 10.2 Å². The van der Waals surface area contributed by atoms with Gasteiger partial charge in [-0.25, -0.2) is 0 Å². The predicted molar refractivity (Wildman–Crippen MR) is 139 cm³/mol. The number of rotatable bonds is 6. The van der Waals surface area contributed by atoms with E-state index in [-0.39, 0.29) is 24.7 Å². The number of allylic oxidation sites excluding steroid dienone is 1. The highest BCUT2D eigenvalue weighted by Crippen LogP contribution is 2.40. The van der Waals surface area contributed by atoms with E-state index in [9.17, 15) is 18.0 Å². The molecular weight excluding hydrogens is 477 g/mol. The number of nitrogens with one attached hydrogen (secondary N) is 1. The van der Waals surface area contributed by atoms with E-state index in [0.29, 0.717) is 18.8 Å². The molecule has 3 aliphatic rings. The molecule has 0 spiro atoms. The lowest BCUT2D eigenvalue weighted by molar-refractivity contribution is -0.184. The van der Waals surface area contributed by atoms with Gasteiger partial charge in [-0.2, -0.15) is 13.2 Å². The Balaban J connectivity index is 0.985. The van der Waals surface area contributed by atoms with Gasteiger partial charge in [-0.3, -0.25) is 4.79 Å². The Bertz CT molecular complexity index is 1070. The van der Waals surface area contributed by atoms with Crippen molar-refractivity contribution in [3.8, 4) is 0 Å². The first-order valence-corrected chi connectivity index (χ1v) is 14.1. The molecule has 2 aliphatic carbocycles. The molecule has 1 aromatic heterocycles. The molecule has 5 rings (SSSR count). The SMILES string of the molecule is O=C(NC=C1CCC(CCN2CCC(c3coc4ccccc34)CC2)CC1)C1CCC(C(F)(F)F)CC1. The molecule has 1 amide bonds. The van der Waals surface area contributed by atoms with Crippen LogP contribution >= 0.6 is 0 Å². The highest BCUT2D eigenvalue weighted by molar-refractivity contribution is 5.81. The monoisotopic (exact) mass is 516 g/mol. The summed E-state index contributed by atoms with van der Waals surface area (Å²) in [6.07, 6.45) is 8.35. The maximum atomic E-state index is 12.9. The molecule has 3 fully saturated rings. The number of alkyl halides is 3. The average molecular weight is 517 g/mol. The van der Waals surface area contributed by atoms with Gasteiger partial charge < -0.3 is 14.6 Å². The largest absolute Gasteiger partial charge is 0.464 e. The fraction of sp³-hybridized carbons (Fsp3) is 0.633. The lowest BCUT2D eigenvalue weighted by Crippen LogP contribution is -2.35. The van der Waals surface area contributed by atoms with Gasteiger partial charge in [-0.1, -0.05) is 23.8 Å². The maximum Gasteiger partial charge on any atom is 0.391 e. The van der Waals surface area contributed by atoms with Crippen LogP contribution in [-0.2, 0) is 4.79 Å². The molecule has 4 nitrogen and oxygen atoms in total. The lowest BCUT2D eigenvalue weighted by atomic mass is 9.81. The third-order valence-corrected chi connectivity index (χ3v) is 9.12. The molecule has 0 atom stereocenters. The summed E-state index contributed by atoms with van der Waals surface area (Å²) in [6.45, 7) is 3.43. The molecule has 37 heavy (non-hydrogen) atoms. The first-order valence-electron chi connectivity index (χ1n) is 14.1. The van der Waals surface area contributed by atoms with Crippen LogP contribution < -0.4 is 5.32 Å². The van der Waals surface area contributed by atoms with Gasteiger partial charge in [0, 0.05) is 23.1 Å². The van der Waals surface area contributed by atoms with Gasteiger partial charge in [0.05, 0.1) is 12.2 Å². The molecule has 0 bridgehead atoms. The minimum atomic E-state index is -4.13. The number of halogens is 3. The summed E-state index contributed by atoms with van der Waals surface area (Å²) in [4.78, 5) is 15.1. The highest BCUT2D eigenvalue weighted by atomic mass is 19.4. The summed E-state index contributed by atoms with van der Waals surface area (Å²) in [5.74, 6) is -0.336. The molecule has 2 saturated carbocycles. The van der Waals surface area contributed by atoms with E-state index in [0.717, 1.165) is 56.8 Å². The fourth-order valence-electron chi connectivity index (χ4n) is 6.60. The first-order chi connectivity index (χ1) is 17.9. The molecular formula is C30H39F3N2O2. The van der Waals surface area contributed by atoms with Gasteiger partial charge in [0.1, 0.15) is 5.58 Å². The molecule has 1 aromatic carbocycles. The van der Waals surface area contributed by atoms with Crippen LogP contribution in [0.25, 0.3) is 11.0 Å². The molecule has 0 radical (unpaired) electrons. The van der Waals surface area contributed by atoms with Crippen molar-refractivity contribution >= 4 is 16.9 Å². The van der Waals surface area contributed by atoms with Crippen molar-refractivity contribution in [1.29, 1.82) is 0 Å². The second-order valence-electron chi connectivity index (χ2n) is 11.4. The van der Waals surface area contributed by atoms with Crippen molar-refractivity contribution in [3.05, 3.63) is 47.9 Å². The number of carbonyl (C=O) groups excluding carboxylic acids is 1. The first kappa shape index (κ1) is 26.3. The third-order valence-electron chi connectivity index (χ3n) is 9.12. The Hall–Kier alpha value is -2.28. The van der Waals surface area contributed by atoms with Crippen LogP contribution in [-0.4, -0.2) is 36.6 Å². The molecule has 7 heteroatoms. The number of likely N-dealkylation sites (tertiary alicyclic amines) is 1. The molecule has 1 aliphatic heterocycles. The average Bonchev–Trinajstić information content (AvgIpc) is 3.35. The summed E-state index contributed by atoms with van der Waals surface area (Å²) in [7, 11) is 0. The van der Waals surface area contributed by atoms with Crippen LogP contribution in [0.1, 0.15) is 82.1 Å². The molecule has 202 valence electrons. The van der Waals surface area contributed by atoms with Gasteiger partial charge >= 0.3 is 6.18 Å². The zero-order valence-corrected chi connectivity index (χ0v) is 21.6. The molecule has 1 saturated heterocycles. The number of furan rings is 1. The number of piperidine rings is 1. The number of nitrogens with zero attached hydrogens (tertiary/aromatic N) is 1. The Morgan fingerprint density at radius 2 is 1.70 bits per heavy atom. The summed E-state index contributed by atoms with van der Waals surface area (Å²) in [5, 5.41) is 4.16. The van der Waals surface area contributed by atoms with E-state index >= 15 is 0 Å². The second kappa shape index (κ2) is 11.6. The number of benzene rings is 1. The van der Waals surface area contributed by atoms with Gasteiger partial charge in [0.2, 0.25) is 5.91 Å². The normalized spacial score (nSPS) is 26.4. The highest BCUT2D eigenvalue weighted by Gasteiger charge is 2.42. The summed E-state index contributed by atoms with van der Waals surface area (Å²) >= 11 is 0. The Labute approximate surface area is 217 Å². The minimum Gasteiger partial charge on any atom is -0.464 e. The van der Waals surface area contributed by atoms with Crippen LogP contribution in [0.3, 0.4) is 0 Å². The van der Waals surface area contributed by atoms with Gasteiger partial charge in [-0.15, -0.1) is 0 Å². The van der Waals surface area contributed by atoms with Crippen molar-refractivity contribution in [2.45, 2.75) is 82.7 Å². The minimum absolute atomic E-state index is 0.0672. The third kappa shape index (κ3) is 6.60. The van der Waals surface area contributed by atoms with Crippen molar-refractivity contribution in [2.75, 3.05) is 19.6 Å².